The summed E-state index contributed by atoms with van der Waals surface area (Å²) >= 11 is 0. The molecule has 3 aromatic carbocycles. The molecule has 1 amide bonds. The van der Waals surface area contributed by atoms with Gasteiger partial charge in [0.05, 0.1) is 19.9 Å². The van der Waals surface area contributed by atoms with Gasteiger partial charge in [0.2, 0.25) is 5.91 Å². The van der Waals surface area contributed by atoms with Gasteiger partial charge in [0, 0.05) is 12.1 Å². The first-order valence-electron chi connectivity index (χ1n) is 11.4. The highest BCUT2D eigenvalue weighted by Gasteiger charge is 2.52. The first-order valence-corrected chi connectivity index (χ1v) is 11.4. The second kappa shape index (κ2) is 9.96. The Hall–Kier alpha value is -3.86. The topological polar surface area (TPSA) is 55.8 Å². The van der Waals surface area contributed by atoms with Crippen LogP contribution in [0.5, 0.6) is 11.5 Å². The van der Waals surface area contributed by atoms with Crippen LogP contribution in [-0.2, 0) is 4.79 Å². The molecule has 1 heterocycles. The molecule has 3 aromatic rings. The summed E-state index contributed by atoms with van der Waals surface area (Å²) in [5.74, 6) is 1.06. The van der Waals surface area contributed by atoms with Crippen molar-refractivity contribution >= 4 is 23.5 Å². The second-order valence-electron chi connectivity index (χ2n) is 8.54. The van der Waals surface area contributed by atoms with Crippen molar-refractivity contribution in [3.05, 3.63) is 95.6 Å². The molecule has 34 heavy (non-hydrogen) atoms. The van der Waals surface area contributed by atoms with Crippen LogP contribution in [0.25, 0.3) is 6.08 Å². The Morgan fingerprint density at radius 2 is 1.68 bits per heavy atom. The van der Waals surface area contributed by atoms with Crippen LogP contribution in [0.15, 0.2) is 78.9 Å². The Kier molecular flexibility index (Phi) is 6.82. The fourth-order valence-corrected chi connectivity index (χ4v) is 4.44. The van der Waals surface area contributed by atoms with Gasteiger partial charge in [-0.3, -0.25) is 9.59 Å². The number of carbonyl (C=O) groups is 2. The summed E-state index contributed by atoms with van der Waals surface area (Å²) in [6.45, 7) is 2.43. The first kappa shape index (κ1) is 23.3. The lowest BCUT2D eigenvalue weighted by Gasteiger charge is -2.26. The van der Waals surface area contributed by atoms with E-state index in [0.29, 0.717) is 36.4 Å². The van der Waals surface area contributed by atoms with E-state index in [0.717, 1.165) is 16.9 Å². The van der Waals surface area contributed by atoms with Crippen LogP contribution in [0.2, 0.25) is 0 Å². The summed E-state index contributed by atoms with van der Waals surface area (Å²) in [5.41, 5.74) is 2.12. The molecule has 1 atom stereocenters. The van der Waals surface area contributed by atoms with Crippen molar-refractivity contribution in [1.82, 2.24) is 0 Å². The molecule has 0 spiro atoms. The third-order valence-corrected chi connectivity index (χ3v) is 6.43. The van der Waals surface area contributed by atoms with Gasteiger partial charge in [-0.05, 0) is 49.6 Å². The van der Waals surface area contributed by atoms with E-state index in [1.54, 1.807) is 19.1 Å². The number of hydrogen-bond acceptors (Lipinski definition) is 4. The second-order valence-corrected chi connectivity index (χ2v) is 8.54. The molecule has 1 aliphatic rings. The fraction of sp³-hybridized carbons (Fsp3) is 0.241. The van der Waals surface area contributed by atoms with Gasteiger partial charge in [0.15, 0.2) is 5.78 Å². The smallest absolute Gasteiger partial charge is 0.241 e. The number of carbonyl (C=O) groups excluding carboxylic acids is 2. The number of Topliss-reactive ketones (excluding diaryl/α,β-unsaturated/α-hetero) is 1. The number of hydrogen-bond donors (Lipinski definition) is 0. The molecule has 174 valence electrons. The van der Waals surface area contributed by atoms with Gasteiger partial charge >= 0.3 is 0 Å². The Morgan fingerprint density at radius 3 is 2.35 bits per heavy atom. The summed E-state index contributed by atoms with van der Waals surface area (Å²) in [7, 11) is 3.21. The molecule has 0 bridgehead atoms. The lowest BCUT2D eigenvalue weighted by molar-refractivity contribution is -0.123. The van der Waals surface area contributed by atoms with Gasteiger partial charge < -0.3 is 14.4 Å². The summed E-state index contributed by atoms with van der Waals surface area (Å²) in [6, 6.07) is 22.5. The van der Waals surface area contributed by atoms with Gasteiger partial charge in [-0.25, -0.2) is 0 Å². The fourth-order valence-electron chi connectivity index (χ4n) is 4.44. The van der Waals surface area contributed by atoms with E-state index in [1.165, 1.54) is 0 Å². The zero-order valence-corrected chi connectivity index (χ0v) is 19.8. The summed E-state index contributed by atoms with van der Waals surface area (Å²) in [4.78, 5) is 29.4. The van der Waals surface area contributed by atoms with Gasteiger partial charge in [0.25, 0.3) is 0 Å². The van der Waals surface area contributed by atoms with E-state index in [-0.39, 0.29) is 11.7 Å². The third kappa shape index (κ3) is 4.46. The number of methoxy groups -OCH3 is 2. The van der Waals surface area contributed by atoms with E-state index < -0.39 is 5.41 Å². The van der Waals surface area contributed by atoms with Crippen LogP contribution < -0.4 is 14.4 Å². The monoisotopic (exact) mass is 455 g/mol. The van der Waals surface area contributed by atoms with Gasteiger partial charge in [-0.15, -0.1) is 0 Å². The number of ketones is 1. The van der Waals surface area contributed by atoms with E-state index in [1.807, 2.05) is 91.9 Å². The Balaban J connectivity index is 1.68. The van der Waals surface area contributed by atoms with Crippen molar-refractivity contribution in [2.24, 2.45) is 5.41 Å². The number of para-hydroxylation sites is 2. The number of anilines is 1. The maximum atomic E-state index is 13.9. The van der Waals surface area contributed by atoms with Crippen LogP contribution in [0.1, 0.15) is 34.3 Å². The predicted octanol–water partition coefficient (Wildman–Crippen LogP) is 5.72. The number of amides is 1. The van der Waals surface area contributed by atoms with Crippen LogP contribution in [0.4, 0.5) is 5.69 Å². The molecule has 1 fully saturated rings. The number of aryl methyl sites for hydroxylation is 1. The lowest BCUT2D eigenvalue weighted by atomic mass is 9.75. The minimum Gasteiger partial charge on any atom is -0.497 e. The normalized spacial score (nSPS) is 17.9. The Bertz CT molecular complexity index is 1200. The number of benzene rings is 3. The molecule has 5 heteroatoms. The molecule has 5 nitrogen and oxygen atoms in total. The molecule has 0 radical (unpaired) electrons. The molecule has 1 saturated heterocycles. The third-order valence-electron chi connectivity index (χ3n) is 6.43. The highest BCUT2D eigenvalue weighted by molar-refractivity contribution is 6.20. The zero-order chi connectivity index (χ0) is 24.1. The van der Waals surface area contributed by atoms with E-state index in [2.05, 4.69) is 0 Å². The molecule has 1 aliphatic heterocycles. The van der Waals surface area contributed by atoms with Crippen LogP contribution >= 0.6 is 0 Å². The summed E-state index contributed by atoms with van der Waals surface area (Å²) in [6.07, 6.45) is 4.62. The van der Waals surface area contributed by atoms with E-state index in [4.69, 9.17) is 9.47 Å². The highest BCUT2D eigenvalue weighted by atomic mass is 16.5. The number of allylic oxidation sites excluding steroid dienone is 1. The average molecular weight is 456 g/mol. The van der Waals surface area contributed by atoms with Gasteiger partial charge in [0.1, 0.15) is 16.9 Å². The SMILES string of the molecule is COc1ccc(C=CCC2(C(=O)c3ccc(C)cc3)CCN(c3ccccc3OC)C2=O)cc1. The van der Waals surface area contributed by atoms with Crippen molar-refractivity contribution in [2.75, 3.05) is 25.7 Å². The zero-order valence-electron chi connectivity index (χ0n) is 19.8. The summed E-state index contributed by atoms with van der Waals surface area (Å²) in [5, 5.41) is 0. The molecule has 0 saturated carbocycles. The van der Waals surface area contributed by atoms with Crippen LogP contribution in [-0.4, -0.2) is 32.5 Å². The van der Waals surface area contributed by atoms with Crippen molar-refractivity contribution in [3.8, 4) is 11.5 Å². The number of nitrogens with zero attached hydrogens (tertiary/aromatic N) is 1. The molecule has 0 aliphatic carbocycles. The molecule has 0 aromatic heterocycles. The van der Waals surface area contributed by atoms with Gasteiger partial charge in [-0.2, -0.15) is 0 Å². The average Bonchev–Trinajstić information content (AvgIpc) is 3.21. The molecule has 4 rings (SSSR count). The Labute approximate surface area is 200 Å². The maximum absolute atomic E-state index is 13.9. The first-order chi connectivity index (χ1) is 16.5. The van der Waals surface area contributed by atoms with Crippen LogP contribution in [0, 0.1) is 12.3 Å². The predicted molar refractivity (Wildman–Crippen MR) is 135 cm³/mol. The van der Waals surface area contributed by atoms with E-state index in [9.17, 15) is 9.59 Å². The minimum absolute atomic E-state index is 0.144. The maximum Gasteiger partial charge on any atom is 0.241 e. The molecular weight excluding hydrogens is 426 g/mol. The molecule has 1 unspecified atom stereocenters. The van der Waals surface area contributed by atoms with E-state index >= 15 is 0 Å². The Morgan fingerprint density at radius 1 is 0.971 bits per heavy atom. The minimum atomic E-state index is -1.17. The lowest BCUT2D eigenvalue weighted by Crippen LogP contribution is -2.40. The largest absolute Gasteiger partial charge is 0.497 e. The van der Waals surface area contributed by atoms with Crippen LogP contribution in [0.3, 0.4) is 0 Å². The van der Waals surface area contributed by atoms with Crippen molar-refractivity contribution in [2.45, 2.75) is 19.8 Å². The van der Waals surface area contributed by atoms with Crippen molar-refractivity contribution in [3.63, 3.8) is 0 Å². The quantitative estimate of drug-likeness (QED) is 0.322. The summed E-state index contributed by atoms with van der Waals surface area (Å²) < 4.78 is 10.7. The standard InChI is InChI=1S/C29H29NO4/c1-21-10-14-23(15-11-21)27(31)29(18-6-7-22-12-16-24(33-2)17-13-22)19-20-30(28(29)32)25-8-4-5-9-26(25)34-3/h4-17H,18-20H2,1-3H3. The highest BCUT2D eigenvalue weighted by Crippen LogP contribution is 2.43. The molecular formula is C29H29NO4. The van der Waals surface area contributed by atoms with Crippen molar-refractivity contribution < 1.29 is 19.1 Å². The van der Waals surface area contributed by atoms with Gasteiger partial charge in [-0.1, -0.05) is 66.2 Å². The van der Waals surface area contributed by atoms with Crippen molar-refractivity contribution in [1.29, 1.82) is 0 Å². The number of rotatable bonds is 8. The molecule has 0 N–H and O–H groups in total. The number of ether oxygens (including phenoxy) is 2.